The van der Waals surface area contributed by atoms with Crippen molar-refractivity contribution >= 4 is 0 Å². The first-order valence-electron chi connectivity index (χ1n) is 5.70. The maximum Gasteiger partial charge on any atom is 0.0478 e. The van der Waals surface area contributed by atoms with Gasteiger partial charge in [-0.2, -0.15) is 0 Å². The fourth-order valence-corrected chi connectivity index (χ4v) is 1.27. The summed E-state index contributed by atoms with van der Waals surface area (Å²) in [5.74, 6) is 0. The van der Waals surface area contributed by atoms with Crippen LogP contribution in [0.25, 0.3) is 0 Å². The van der Waals surface area contributed by atoms with Crippen molar-refractivity contribution in [1.29, 1.82) is 0 Å². The Morgan fingerprint density at radius 1 is 0.929 bits per heavy atom. The maximum absolute atomic E-state index is 5.41. The normalized spacial score (nSPS) is 11.1. The molecule has 0 saturated heterocycles. The SMILES string of the molecule is CN(C)CCCCCCOCCCN. The Kier molecular flexibility index (Phi) is 10.9. The van der Waals surface area contributed by atoms with E-state index in [1.807, 2.05) is 0 Å². The monoisotopic (exact) mass is 202 g/mol. The highest BCUT2D eigenvalue weighted by Gasteiger charge is 1.92. The molecule has 0 amide bonds. The summed E-state index contributed by atoms with van der Waals surface area (Å²) in [6, 6.07) is 0. The Morgan fingerprint density at radius 3 is 2.21 bits per heavy atom. The van der Waals surface area contributed by atoms with Crippen LogP contribution >= 0.6 is 0 Å². The number of unbranched alkanes of at least 4 members (excludes halogenated alkanes) is 3. The van der Waals surface area contributed by atoms with Crippen molar-refractivity contribution in [3.8, 4) is 0 Å². The van der Waals surface area contributed by atoms with Crippen molar-refractivity contribution in [2.24, 2.45) is 5.73 Å². The molecule has 0 radical (unpaired) electrons. The predicted molar refractivity (Wildman–Crippen MR) is 61.5 cm³/mol. The average Bonchev–Trinajstić information content (AvgIpc) is 2.15. The van der Waals surface area contributed by atoms with Gasteiger partial charge in [-0.3, -0.25) is 0 Å². The van der Waals surface area contributed by atoms with Crippen LogP contribution in [0.15, 0.2) is 0 Å². The van der Waals surface area contributed by atoms with E-state index in [4.69, 9.17) is 10.5 Å². The van der Waals surface area contributed by atoms with Crippen molar-refractivity contribution in [2.45, 2.75) is 32.1 Å². The molecule has 0 atom stereocenters. The molecular weight excluding hydrogens is 176 g/mol. The average molecular weight is 202 g/mol. The number of ether oxygens (including phenoxy) is 1. The molecule has 0 saturated carbocycles. The molecule has 2 N–H and O–H groups in total. The Balaban J connectivity index is 2.85. The van der Waals surface area contributed by atoms with Crippen molar-refractivity contribution in [2.75, 3.05) is 40.4 Å². The highest BCUT2D eigenvalue weighted by molar-refractivity contribution is 4.47. The lowest BCUT2D eigenvalue weighted by molar-refractivity contribution is 0.129. The highest BCUT2D eigenvalue weighted by Crippen LogP contribution is 2.00. The lowest BCUT2D eigenvalue weighted by Crippen LogP contribution is -2.12. The molecule has 0 aromatic rings. The molecule has 0 unspecified atom stereocenters. The van der Waals surface area contributed by atoms with Gasteiger partial charge in [0.2, 0.25) is 0 Å². The summed E-state index contributed by atoms with van der Waals surface area (Å²) in [4.78, 5) is 2.23. The molecule has 14 heavy (non-hydrogen) atoms. The standard InChI is InChI=1S/C11H26N2O/c1-13(2)9-5-3-4-6-10-14-11-7-8-12/h3-12H2,1-2H3. The van der Waals surface area contributed by atoms with E-state index in [9.17, 15) is 0 Å². The van der Waals surface area contributed by atoms with Crippen LogP contribution in [0.5, 0.6) is 0 Å². The minimum absolute atomic E-state index is 0.739. The summed E-state index contributed by atoms with van der Waals surface area (Å²) in [6.07, 6.45) is 6.09. The van der Waals surface area contributed by atoms with E-state index in [1.165, 1.54) is 32.2 Å². The summed E-state index contributed by atoms with van der Waals surface area (Å²) < 4.78 is 5.41. The fraction of sp³-hybridized carbons (Fsp3) is 1.00. The summed E-state index contributed by atoms with van der Waals surface area (Å²) >= 11 is 0. The van der Waals surface area contributed by atoms with Gasteiger partial charge >= 0.3 is 0 Å². The third-order valence-electron chi connectivity index (χ3n) is 2.14. The zero-order chi connectivity index (χ0) is 10.6. The van der Waals surface area contributed by atoms with Gasteiger partial charge in [0.1, 0.15) is 0 Å². The Labute approximate surface area is 88.6 Å². The van der Waals surface area contributed by atoms with E-state index in [-0.39, 0.29) is 0 Å². The lowest BCUT2D eigenvalue weighted by atomic mass is 10.2. The van der Waals surface area contributed by atoms with Crippen LogP contribution in [0.4, 0.5) is 0 Å². The first kappa shape index (κ1) is 13.9. The highest BCUT2D eigenvalue weighted by atomic mass is 16.5. The molecule has 0 aliphatic carbocycles. The van der Waals surface area contributed by atoms with Gasteiger partial charge in [-0.15, -0.1) is 0 Å². The van der Waals surface area contributed by atoms with E-state index in [2.05, 4.69) is 19.0 Å². The van der Waals surface area contributed by atoms with Crippen LogP contribution in [0, 0.1) is 0 Å². The molecular formula is C11H26N2O. The van der Waals surface area contributed by atoms with Gasteiger partial charge in [0.15, 0.2) is 0 Å². The number of nitrogens with zero attached hydrogens (tertiary/aromatic N) is 1. The molecule has 0 aliphatic rings. The summed E-state index contributed by atoms with van der Waals surface area (Å²) in [6.45, 7) is 3.67. The zero-order valence-electron chi connectivity index (χ0n) is 9.80. The van der Waals surface area contributed by atoms with Gasteiger partial charge in [0, 0.05) is 13.2 Å². The second kappa shape index (κ2) is 11.0. The van der Waals surface area contributed by atoms with E-state index < -0.39 is 0 Å². The van der Waals surface area contributed by atoms with Crippen LogP contribution in [-0.4, -0.2) is 45.3 Å². The number of rotatable bonds is 10. The van der Waals surface area contributed by atoms with E-state index in [1.54, 1.807) is 0 Å². The lowest BCUT2D eigenvalue weighted by Gasteiger charge is -2.08. The Hall–Kier alpha value is -0.120. The molecule has 0 fully saturated rings. The van der Waals surface area contributed by atoms with Crippen LogP contribution < -0.4 is 5.73 Å². The third kappa shape index (κ3) is 11.9. The first-order valence-corrected chi connectivity index (χ1v) is 5.70. The minimum Gasteiger partial charge on any atom is -0.381 e. The van der Waals surface area contributed by atoms with Gasteiger partial charge in [0.25, 0.3) is 0 Å². The van der Waals surface area contributed by atoms with Crippen LogP contribution in [0.2, 0.25) is 0 Å². The second-order valence-electron chi connectivity index (χ2n) is 3.97. The smallest absolute Gasteiger partial charge is 0.0478 e. The minimum atomic E-state index is 0.739. The van der Waals surface area contributed by atoms with Crippen LogP contribution in [0.3, 0.4) is 0 Å². The molecule has 0 rings (SSSR count). The molecule has 0 aliphatic heterocycles. The van der Waals surface area contributed by atoms with Crippen LogP contribution in [0.1, 0.15) is 32.1 Å². The van der Waals surface area contributed by atoms with Crippen LogP contribution in [-0.2, 0) is 4.74 Å². The second-order valence-corrected chi connectivity index (χ2v) is 3.97. The maximum atomic E-state index is 5.41. The fourth-order valence-electron chi connectivity index (χ4n) is 1.27. The van der Waals surface area contributed by atoms with Gasteiger partial charge in [-0.05, 0) is 46.4 Å². The number of hydrogen-bond donors (Lipinski definition) is 1. The Bertz CT molecular complexity index is 107. The van der Waals surface area contributed by atoms with Crippen molar-refractivity contribution in [3.05, 3.63) is 0 Å². The van der Waals surface area contributed by atoms with E-state index >= 15 is 0 Å². The van der Waals surface area contributed by atoms with Crippen molar-refractivity contribution in [3.63, 3.8) is 0 Å². The molecule has 0 aromatic heterocycles. The molecule has 3 heteroatoms. The Morgan fingerprint density at radius 2 is 1.57 bits per heavy atom. The molecule has 0 aromatic carbocycles. The van der Waals surface area contributed by atoms with Crippen molar-refractivity contribution < 1.29 is 4.74 Å². The number of nitrogens with two attached hydrogens (primary N) is 1. The van der Waals surface area contributed by atoms with E-state index in [0.717, 1.165) is 26.2 Å². The topological polar surface area (TPSA) is 38.5 Å². The number of hydrogen-bond acceptors (Lipinski definition) is 3. The molecule has 0 bridgehead atoms. The van der Waals surface area contributed by atoms with Gasteiger partial charge < -0.3 is 15.4 Å². The van der Waals surface area contributed by atoms with Gasteiger partial charge in [0.05, 0.1) is 0 Å². The first-order chi connectivity index (χ1) is 6.77. The molecule has 0 heterocycles. The third-order valence-corrected chi connectivity index (χ3v) is 2.14. The predicted octanol–water partition coefficient (Wildman–Crippen LogP) is 1.47. The van der Waals surface area contributed by atoms with Gasteiger partial charge in [-0.1, -0.05) is 12.8 Å². The van der Waals surface area contributed by atoms with Crippen molar-refractivity contribution in [1.82, 2.24) is 4.90 Å². The summed E-state index contributed by atoms with van der Waals surface area (Å²) in [5, 5.41) is 0. The quantitative estimate of drug-likeness (QED) is 0.545. The summed E-state index contributed by atoms with van der Waals surface area (Å²) in [5.41, 5.74) is 5.35. The molecule has 3 nitrogen and oxygen atoms in total. The summed E-state index contributed by atoms with van der Waals surface area (Å²) in [7, 11) is 4.24. The molecule has 86 valence electrons. The van der Waals surface area contributed by atoms with E-state index in [0.29, 0.717) is 0 Å². The van der Waals surface area contributed by atoms with Gasteiger partial charge in [-0.25, -0.2) is 0 Å². The molecule has 0 spiro atoms. The zero-order valence-corrected chi connectivity index (χ0v) is 9.80. The largest absolute Gasteiger partial charge is 0.381 e.